The van der Waals surface area contributed by atoms with Gasteiger partial charge in [-0.25, -0.2) is 4.79 Å². The lowest BCUT2D eigenvalue weighted by Crippen LogP contribution is -2.32. The zero-order chi connectivity index (χ0) is 17.3. The number of halogens is 2. The third kappa shape index (κ3) is 3.32. The van der Waals surface area contributed by atoms with Gasteiger partial charge in [-0.3, -0.25) is 9.36 Å². The van der Waals surface area contributed by atoms with Gasteiger partial charge in [-0.1, -0.05) is 41.4 Å². The molecule has 124 valence electrons. The summed E-state index contributed by atoms with van der Waals surface area (Å²) in [6, 6.07) is 12.5. The maximum atomic E-state index is 12.5. The van der Waals surface area contributed by atoms with Gasteiger partial charge in [0.25, 0.3) is 0 Å². The highest BCUT2D eigenvalue weighted by atomic mass is 35.5. The maximum Gasteiger partial charge on any atom is 0.326 e. The summed E-state index contributed by atoms with van der Waals surface area (Å²) in [7, 11) is 1.69. The molecule has 1 amide bonds. The molecule has 3 aromatic rings. The predicted octanol–water partition coefficient (Wildman–Crippen LogP) is 3.30. The standard InChI is InChI=1S/C17H15Cl2N3O2/c1-21(9-11-6-7-12(18)13(19)8-11)16(23)10-22-15-5-3-2-4-14(15)20-17(22)24/h2-8H,9-10H2,1H3,(H,20,24). The van der Waals surface area contributed by atoms with Crippen LogP contribution in [-0.2, 0) is 17.9 Å². The first kappa shape index (κ1) is 16.6. The Bertz CT molecular complexity index is 962. The second-order valence-corrected chi connectivity index (χ2v) is 6.35. The fourth-order valence-corrected chi connectivity index (χ4v) is 2.84. The Morgan fingerprint density at radius 1 is 1.17 bits per heavy atom. The Hall–Kier alpha value is -2.24. The monoisotopic (exact) mass is 363 g/mol. The van der Waals surface area contributed by atoms with E-state index in [2.05, 4.69) is 4.98 Å². The number of nitrogens with one attached hydrogen (secondary N) is 1. The fraction of sp³-hybridized carbons (Fsp3) is 0.176. The summed E-state index contributed by atoms with van der Waals surface area (Å²) in [5.74, 6) is -0.173. The number of hydrogen-bond donors (Lipinski definition) is 1. The first-order valence-electron chi connectivity index (χ1n) is 7.31. The van der Waals surface area contributed by atoms with Crippen molar-refractivity contribution in [2.45, 2.75) is 13.1 Å². The Balaban J connectivity index is 1.77. The van der Waals surface area contributed by atoms with Gasteiger partial charge in [0.05, 0.1) is 21.1 Å². The molecule has 5 nitrogen and oxygen atoms in total. The minimum absolute atomic E-state index is 0.0271. The lowest BCUT2D eigenvalue weighted by molar-refractivity contribution is -0.131. The molecule has 0 saturated heterocycles. The number of para-hydroxylation sites is 2. The summed E-state index contributed by atoms with van der Waals surface area (Å²) in [4.78, 5) is 28.8. The van der Waals surface area contributed by atoms with E-state index in [1.54, 1.807) is 36.2 Å². The zero-order valence-corrected chi connectivity index (χ0v) is 14.4. The average Bonchev–Trinajstić information content (AvgIpc) is 2.87. The largest absolute Gasteiger partial charge is 0.340 e. The number of H-pyrrole nitrogens is 1. The van der Waals surface area contributed by atoms with Crippen molar-refractivity contribution in [1.82, 2.24) is 14.5 Å². The van der Waals surface area contributed by atoms with E-state index in [9.17, 15) is 9.59 Å². The van der Waals surface area contributed by atoms with E-state index in [0.29, 0.717) is 27.6 Å². The van der Waals surface area contributed by atoms with E-state index >= 15 is 0 Å². The van der Waals surface area contributed by atoms with Crippen molar-refractivity contribution in [3.63, 3.8) is 0 Å². The fourth-order valence-electron chi connectivity index (χ4n) is 2.52. The number of aromatic amines is 1. The molecule has 0 saturated carbocycles. The number of nitrogens with zero attached hydrogens (tertiary/aromatic N) is 2. The number of rotatable bonds is 4. The Labute approximate surface area is 148 Å². The number of aromatic nitrogens is 2. The van der Waals surface area contributed by atoms with Crippen molar-refractivity contribution in [1.29, 1.82) is 0 Å². The van der Waals surface area contributed by atoms with E-state index < -0.39 is 0 Å². The van der Waals surface area contributed by atoms with Crippen molar-refractivity contribution in [2.24, 2.45) is 0 Å². The summed E-state index contributed by atoms with van der Waals surface area (Å²) >= 11 is 11.9. The van der Waals surface area contributed by atoms with Gasteiger partial charge in [-0.15, -0.1) is 0 Å². The third-order valence-electron chi connectivity index (χ3n) is 3.80. The number of amides is 1. The molecular weight excluding hydrogens is 349 g/mol. The predicted molar refractivity (Wildman–Crippen MR) is 95.5 cm³/mol. The van der Waals surface area contributed by atoms with Crippen LogP contribution in [0.4, 0.5) is 0 Å². The molecule has 0 radical (unpaired) electrons. The number of fused-ring (bicyclic) bond motifs is 1. The molecule has 24 heavy (non-hydrogen) atoms. The first-order chi connectivity index (χ1) is 11.5. The molecule has 0 unspecified atom stereocenters. The van der Waals surface area contributed by atoms with Crippen LogP contribution in [0, 0.1) is 0 Å². The van der Waals surface area contributed by atoms with E-state index in [1.165, 1.54) is 4.57 Å². The third-order valence-corrected chi connectivity index (χ3v) is 4.54. The van der Waals surface area contributed by atoms with Crippen molar-refractivity contribution in [3.8, 4) is 0 Å². The second-order valence-electron chi connectivity index (χ2n) is 5.53. The highest BCUT2D eigenvalue weighted by molar-refractivity contribution is 6.42. The van der Waals surface area contributed by atoms with Gasteiger partial charge in [-0.2, -0.15) is 0 Å². The molecule has 1 heterocycles. The van der Waals surface area contributed by atoms with Crippen LogP contribution in [0.1, 0.15) is 5.56 Å². The molecule has 3 rings (SSSR count). The van der Waals surface area contributed by atoms with Crippen LogP contribution in [0.3, 0.4) is 0 Å². The second kappa shape index (κ2) is 6.71. The number of imidazole rings is 1. The zero-order valence-electron chi connectivity index (χ0n) is 12.9. The molecule has 0 aliphatic rings. The van der Waals surface area contributed by atoms with Crippen LogP contribution in [0.15, 0.2) is 47.3 Å². The Morgan fingerprint density at radius 2 is 1.92 bits per heavy atom. The molecular formula is C17H15Cl2N3O2. The summed E-state index contributed by atoms with van der Waals surface area (Å²) in [6.45, 7) is 0.355. The van der Waals surface area contributed by atoms with E-state index in [-0.39, 0.29) is 18.1 Å². The number of benzene rings is 2. The van der Waals surface area contributed by atoms with Gasteiger partial charge in [0.15, 0.2) is 0 Å². The molecule has 0 aliphatic heterocycles. The van der Waals surface area contributed by atoms with Crippen LogP contribution in [0.2, 0.25) is 10.0 Å². The Kier molecular flexibility index (Phi) is 4.64. The lowest BCUT2D eigenvalue weighted by Gasteiger charge is -2.18. The first-order valence-corrected chi connectivity index (χ1v) is 8.07. The molecule has 1 N–H and O–H groups in total. The quantitative estimate of drug-likeness (QED) is 0.772. The van der Waals surface area contributed by atoms with Gasteiger partial charge >= 0.3 is 5.69 Å². The normalized spacial score (nSPS) is 11.0. The van der Waals surface area contributed by atoms with E-state index in [0.717, 1.165) is 5.56 Å². The van der Waals surface area contributed by atoms with Crippen molar-refractivity contribution >= 4 is 40.1 Å². The number of likely N-dealkylation sites (N-methyl/N-ethyl adjacent to an activating group) is 1. The van der Waals surface area contributed by atoms with E-state index in [1.807, 2.05) is 18.2 Å². The van der Waals surface area contributed by atoms with Crippen LogP contribution in [-0.4, -0.2) is 27.4 Å². The molecule has 0 bridgehead atoms. The molecule has 0 spiro atoms. The molecule has 7 heteroatoms. The van der Waals surface area contributed by atoms with Gasteiger partial charge in [-0.05, 0) is 29.8 Å². The number of carbonyl (C=O) groups is 1. The van der Waals surface area contributed by atoms with Crippen molar-refractivity contribution in [3.05, 3.63) is 68.6 Å². The van der Waals surface area contributed by atoms with Crippen molar-refractivity contribution in [2.75, 3.05) is 7.05 Å². The number of carbonyl (C=O) groups excluding carboxylic acids is 1. The highest BCUT2D eigenvalue weighted by Gasteiger charge is 2.14. The average molecular weight is 364 g/mol. The molecule has 0 atom stereocenters. The Morgan fingerprint density at radius 3 is 2.67 bits per heavy atom. The van der Waals surface area contributed by atoms with Gasteiger partial charge in [0.1, 0.15) is 6.54 Å². The topological polar surface area (TPSA) is 58.1 Å². The molecule has 1 aromatic heterocycles. The lowest BCUT2D eigenvalue weighted by atomic mass is 10.2. The van der Waals surface area contributed by atoms with Crippen molar-refractivity contribution < 1.29 is 4.79 Å². The number of hydrogen-bond acceptors (Lipinski definition) is 2. The highest BCUT2D eigenvalue weighted by Crippen LogP contribution is 2.23. The van der Waals surface area contributed by atoms with Gasteiger partial charge < -0.3 is 9.88 Å². The molecule has 0 aliphatic carbocycles. The summed E-state index contributed by atoms with van der Waals surface area (Å²) < 4.78 is 1.43. The molecule has 0 fully saturated rings. The van der Waals surface area contributed by atoms with Gasteiger partial charge in [0, 0.05) is 13.6 Å². The minimum Gasteiger partial charge on any atom is -0.340 e. The minimum atomic E-state index is -0.299. The van der Waals surface area contributed by atoms with E-state index in [4.69, 9.17) is 23.2 Å². The van der Waals surface area contributed by atoms with Crippen LogP contribution in [0.25, 0.3) is 11.0 Å². The molecule has 2 aromatic carbocycles. The summed E-state index contributed by atoms with van der Waals surface area (Å²) in [6.07, 6.45) is 0. The van der Waals surface area contributed by atoms with Crippen LogP contribution >= 0.6 is 23.2 Å². The summed E-state index contributed by atoms with van der Waals surface area (Å²) in [5.41, 5.74) is 1.99. The maximum absolute atomic E-state index is 12.5. The van der Waals surface area contributed by atoms with Crippen LogP contribution < -0.4 is 5.69 Å². The summed E-state index contributed by atoms with van der Waals surface area (Å²) in [5, 5.41) is 0.919. The van der Waals surface area contributed by atoms with Crippen LogP contribution in [0.5, 0.6) is 0 Å². The van der Waals surface area contributed by atoms with Gasteiger partial charge in [0.2, 0.25) is 5.91 Å². The SMILES string of the molecule is CN(Cc1ccc(Cl)c(Cl)c1)C(=O)Cn1c(=O)[nH]c2ccccc21. The smallest absolute Gasteiger partial charge is 0.326 e.